The quantitative estimate of drug-likeness (QED) is 0.823. The molecule has 2 aromatic rings. The number of rotatable bonds is 5. The summed E-state index contributed by atoms with van der Waals surface area (Å²) >= 11 is 5.98. The molecule has 0 aliphatic rings. The van der Waals surface area contributed by atoms with Crippen molar-refractivity contribution < 1.29 is 18.7 Å². The number of halogens is 1. The fourth-order valence-electron chi connectivity index (χ4n) is 1.90. The number of nitrogens with one attached hydrogen (secondary N) is 2. The van der Waals surface area contributed by atoms with E-state index in [9.17, 15) is 9.59 Å². The molecule has 0 radical (unpaired) electrons. The van der Waals surface area contributed by atoms with Gasteiger partial charge in [0.1, 0.15) is 11.9 Å². The lowest BCUT2D eigenvalue weighted by atomic mass is 10.2. The van der Waals surface area contributed by atoms with Crippen molar-refractivity contribution in [1.82, 2.24) is 5.32 Å². The lowest BCUT2D eigenvalue weighted by Gasteiger charge is -2.13. The third kappa shape index (κ3) is 4.58. The molecule has 0 aliphatic heterocycles. The first-order chi connectivity index (χ1) is 11.0. The highest BCUT2D eigenvalue weighted by molar-refractivity contribution is 6.39. The Balaban J connectivity index is 1.89. The molecule has 0 aliphatic carbocycles. The van der Waals surface area contributed by atoms with Crippen molar-refractivity contribution in [1.29, 1.82) is 0 Å². The second kappa shape index (κ2) is 7.80. The number of ether oxygens (including phenoxy) is 1. The molecule has 1 atom stereocenters. The number of carbonyl (C=O) groups excluding carboxylic acids is 2. The van der Waals surface area contributed by atoms with E-state index in [1.807, 2.05) is 6.92 Å². The highest BCUT2D eigenvalue weighted by Crippen LogP contribution is 2.20. The molecule has 0 saturated carbocycles. The van der Waals surface area contributed by atoms with Gasteiger partial charge in [0.15, 0.2) is 0 Å². The molecule has 0 saturated heterocycles. The standard InChI is InChI=1S/C16H17ClN2O4/c1-10-5-6-11(8-12(10)17)19-16(21)15(20)18-9-14(22-2)13-4-3-7-23-13/h3-8,14H,9H2,1-2H3,(H,18,20)(H,19,21). The van der Waals surface area contributed by atoms with E-state index >= 15 is 0 Å². The molecule has 6 nitrogen and oxygen atoms in total. The second-order valence-electron chi connectivity index (χ2n) is 4.87. The number of benzene rings is 1. The Labute approximate surface area is 138 Å². The van der Waals surface area contributed by atoms with E-state index in [0.29, 0.717) is 16.5 Å². The molecule has 1 heterocycles. The summed E-state index contributed by atoms with van der Waals surface area (Å²) in [6.07, 6.45) is 1.05. The average molecular weight is 337 g/mol. The number of carbonyl (C=O) groups is 2. The van der Waals surface area contributed by atoms with Crippen LogP contribution >= 0.6 is 11.6 Å². The minimum atomic E-state index is -0.779. The Morgan fingerprint density at radius 1 is 1.30 bits per heavy atom. The number of furan rings is 1. The van der Waals surface area contributed by atoms with Gasteiger partial charge in [-0.1, -0.05) is 17.7 Å². The zero-order valence-corrected chi connectivity index (χ0v) is 13.5. The number of amides is 2. The third-order valence-corrected chi connectivity index (χ3v) is 3.64. The summed E-state index contributed by atoms with van der Waals surface area (Å²) in [6.45, 7) is 1.96. The summed E-state index contributed by atoms with van der Waals surface area (Å²) in [6, 6.07) is 8.47. The summed E-state index contributed by atoms with van der Waals surface area (Å²) in [7, 11) is 1.49. The van der Waals surface area contributed by atoms with E-state index in [1.165, 1.54) is 13.4 Å². The van der Waals surface area contributed by atoms with E-state index in [1.54, 1.807) is 30.3 Å². The molecule has 23 heavy (non-hydrogen) atoms. The topological polar surface area (TPSA) is 80.6 Å². The number of hydrogen-bond acceptors (Lipinski definition) is 4. The van der Waals surface area contributed by atoms with Gasteiger partial charge in [0, 0.05) is 17.8 Å². The van der Waals surface area contributed by atoms with Crippen LogP contribution in [0.4, 0.5) is 5.69 Å². The normalized spacial score (nSPS) is 11.8. The molecule has 7 heteroatoms. The Hall–Kier alpha value is -2.31. The Morgan fingerprint density at radius 2 is 2.09 bits per heavy atom. The Bertz CT molecular complexity index is 685. The molecule has 0 bridgehead atoms. The van der Waals surface area contributed by atoms with Crippen molar-refractivity contribution in [3.05, 3.63) is 52.9 Å². The molecular formula is C16H17ClN2O4. The first kappa shape index (κ1) is 17.1. The number of aryl methyl sites for hydroxylation is 1. The van der Waals surface area contributed by atoms with Gasteiger partial charge in [-0.05, 0) is 36.8 Å². The van der Waals surface area contributed by atoms with Gasteiger partial charge in [0.05, 0.1) is 12.8 Å². The van der Waals surface area contributed by atoms with Crippen LogP contribution in [0.5, 0.6) is 0 Å². The predicted molar refractivity (Wildman–Crippen MR) is 86.3 cm³/mol. The van der Waals surface area contributed by atoms with E-state index in [4.69, 9.17) is 20.8 Å². The van der Waals surface area contributed by atoms with Crippen LogP contribution < -0.4 is 10.6 Å². The van der Waals surface area contributed by atoms with Crippen molar-refractivity contribution in [2.75, 3.05) is 19.0 Å². The van der Waals surface area contributed by atoms with Crippen molar-refractivity contribution in [3.63, 3.8) is 0 Å². The molecule has 2 N–H and O–H groups in total. The van der Waals surface area contributed by atoms with Crippen LogP contribution in [0.3, 0.4) is 0 Å². The summed E-state index contributed by atoms with van der Waals surface area (Å²) in [5.41, 5.74) is 1.34. The number of methoxy groups -OCH3 is 1. The van der Waals surface area contributed by atoms with Gasteiger partial charge in [0.25, 0.3) is 0 Å². The van der Waals surface area contributed by atoms with Crippen LogP contribution in [0.1, 0.15) is 17.4 Å². The summed E-state index contributed by atoms with van der Waals surface area (Å²) in [4.78, 5) is 23.7. The lowest BCUT2D eigenvalue weighted by Crippen LogP contribution is -2.37. The second-order valence-corrected chi connectivity index (χ2v) is 5.28. The molecule has 0 fully saturated rings. The average Bonchev–Trinajstić information content (AvgIpc) is 3.05. The highest BCUT2D eigenvalue weighted by Gasteiger charge is 2.18. The molecule has 1 aromatic heterocycles. The zero-order valence-electron chi connectivity index (χ0n) is 12.8. The molecule has 2 rings (SSSR count). The van der Waals surface area contributed by atoms with Gasteiger partial charge in [-0.3, -0.25) is 9.59 Å². The predicted octanol–water partition coefficient (Wildman–Crippen LogP) is 2.68. The molecule has 1 aromatic carbocycles. The van der Waals surface area contributed by atoms with Crippen LogP contribution in [0, 0.1) is 6.92 Å². The van der Waals surface area contributed by atoms with E-state index in [0.717, 1.165) is 5.56 Å². The van der Waals surface area contributed by atoms with Crippen LogP contribution in [-0.2, 0) is 14.3 Å². The number of hydrogen-bond donors (Lipinski definition) is 2. The maximum absolute atomic E-state index is 11.9. The van der Waals surface area contributed by atoms with Crippen molar-refractivity contribution in [2.24, 2.45) is 0 Å². The largest absolute Gasteiger partial charge is 0.467 e. The fraction of sp³-hybridized carbons (Fsp3) is 0.250. The molecular weight excluding hydrogens is 320 g/mol. The molecule has 0 spiro atoms. The minimum Gasteiger partial charge on any atom is -0.467 e. The van der Waals surface area contributed by atoms with Crippen LogP contribution in [0.15, 0.2) is 41.0 Å². The molecule has 2 amide bonds. The molecule has 1 unspecified atom stereocenters. The monoisotopic (exact) mass is 336 g/mol. The summed E-state index contributed by atoms with van der Waals surface area (Å²) < 4.78 is 10.4. The van der Waals surface area contributed by atoms with Crippen LogP contribution in [0.25, 0.3) is 0 Å². The van der Waals surface area contributed by atoms with Gasteiger partial charge in [-0.25, -0.2) is 0 Å². The van der Waals surface area contributed by atoms with E-state index in [2.05, 4.69) is 10.6 Å². The van der Waals surface area contributed by atoms with Crippen molar-refractivity contribution >= 4 is 29.1 Å². The number of anilines is 1. The van der Waals surface area contributed by atoms with Gasteiger partial charge in [-0.15, -0.1) is 0 Å². The first-order valence-corrected chi connectivity index (χ1v) is 7.30. The SMILES string of the molecule is COC(CNC(=O)C(=O)Nc1ccc(C)c(Cl)c1)c1ccco1. The fourth-order valence-corrected chi connectivity index (χ4v) is 2.08. The van der Waals surface area contributed by atoms with E-state index < -0.39 is 17.9 Å². The van der Waals surface area contributed by atoms with E-state index in [-0.39, 0.29) is 6.54 Å². The van der Waals surface area contributed by atoms with Gasteiger partial charge in [0.2, 0.25) is 0 Å². The zero-order chi connectivity index (χ0) is 16.8. The minimum absolute atomic E-state index is 0.116. The highest BCUT2D eigenvalue weighted by atomic mass is 35.5. The van der Waals surface area contributed by atoms with Crippen LogP contribution in [-0.4, -0.2) is 25.5 Å². The Morgan fingerprint density at radius 3 is 2.70 bits per heavy atom. The third-order valence-electron chi connectivity index (χ3n) is 3.23. The smallest absolute Gasteiger partial charge is 0.313 e. The van der Waals surface area contributed by atoms with Crippen molar-refractivity contribution in [3.8, 4) is 0 Å². The maximum atomic E-state index is 11.9. The molecule has 122 valence electrons. The van der Waals surface area contributed by atoms with Gasteiger partial charge in [-0.2, -0.15) is 0 Å². The van der Waals surface area contributed by atoms with Crippen molar-refractivity contribution in [2.45, 2.75) is 13.0 Å². The van der Waals surface area contributed by atoms with Gasteiger partial charge >= 0.3 is 11.8 Å². The summed E-state index contributed by atoms with van der Waals surface area (Å²) in [5.74, 6) is -0.979. The first-order valence-electron chi connectivity index (χ1n) is 6.92. The Kier molecular flexibility index (Phi) is 5.78. The van der Waals surface area contributed by atoms with Crippen LogP contribution in [0.2, 0.25) is 5.02 Å². The summed E-state index contributed by atoms with van der Waals surface area (Å²) in [5, 5.41) is 5.50. The maximum Gasteiger partial charge on any atom is 0.313 e. The lowest BCUT2D eigenvalue weighted by molar-refractivity contribution is -0.136. The van der Waals surface area contributed by atoms with Gasteiger partial charge < -0.3 is 19.8 Å².